The summed E-state index contributed by atoms with van der Waals surface area (Å²) in [7, 11) is 0. The number of hydrogen-bond acceptors (Lipinski definition) is 5. The molecule has 8 nitrogen and oxygen atoms in total. The summed E-state index contributed by atoms with van der Waals surface area (Å²) in [6.07, 6.45) is 11.9. The number of nitrogens with one attached hydrogen (secondary N) is 2. The van der Waals surface area contributed by atoms with Crippen molar-refractivity contribution in [2.75, 3.05) is 25.0 Å². The van der Waals surface area contributed by atoms with Gasteiger partial charge in [0, 0.05) is 40.9 Å². The van der Waals surface area contributed by atoms with E-state index in [-0.39, 0.29) is 23.8 Å². The lowest BCUT2D eigenvalue weighted by atomic mass is 9.74. The standard InChI is InChI=1S/C30H38Cl2N4O4/c1-18-7-5-6-12-35(18)13-14-36-26(28(38)33-21-8-3-2-4-9-21)30-11-10-23(40-30)24(25(30)29(36)39)27(37)34-22-16-19(31)15-20(32)17-22/h10-11,15-18,21,23-26H,2-9,12-14H2,1H3,(H,33,38)(H,34,37)/t18-,23+,24-,25+,26-,30+/m1/s1. The van der Waals surface area contributed by atoms with Crippen LogP contribution in [0.5, 0.6) is 0 Å². The SMILES string of the molecule is C[C@@H]1CCCCN1CCN1C(=O)[C@@H]2[C@H](C(=O)Nc3cc(Cl)cc(Cl)c3)[C@@H]3C=C[C@@]2(O3)[C@H]1C(=O)NC1CCCCC1. The molecule has 0 aromatic heterocycles. The molecule has 1 spiro atoms. The van der Waals surface area contributed by atoms with Gasteiger partial charge in [0.1, 0.15) is 11.6 Å². The number of likely N-dealkylation sites (tertiary alicyclic amines) is 2. The van der Waals surface area contributed by atoms with Crippen molar-refractivity contribution in [3.8, 4) is 0 Å². The number of fused-ring (bicyclic) bond motifs is 1. The summed E-state index contributed by atoms with van der Waals surface area (Å²) in [5.41, 5.74) is -0.710. The van der Waals surface area contributed by atoms with Gasteiger partial charge in [0.05, 0.1) is 17.9 Å². The Bertz CT molecular complexity index is 1180. The molecule has 1 aromatic carbocycles. The minimum atomic E-state index is -1.16. The number of amides is 3. The van der Waals surface area contributed by atoms with E-state index < -0.39 is 29.6 Å². The number of halogens is 2. The highest BCUT2D eigenvalue weighted by atomic mass is 35.5. The molecule has 3 saturated heterocycles. The Hall–Kier alpha value is -2.13. The number of anilines is 1. The maximum Gasteiger partial charge on any atom is 0.246 e. The van der Waals surface area contributed by atoms with E-state index >= 15 is 0 Å². The van der Waals surface area contributed by atoms with Crippen LogP contribution in [-0.2, 0) is 19.1 Å². The van der Waals surface area contributed by atoms with Gasteiger partial charge in [-0.05, 0) is 57.4 Å². The van der Waals surface area contributed by atoms with E-state index in [2.05, 4.69) is 22.5 Å². The molecule has 1 aliphatic carbocycles. The predicted molar refractivity (Wildman–Crippen MR) is 154 cm³/mol. The Labute approximate surface area is 245 Å². The van der Waals surface area contributed by atoms with Gasteiger partial charge >= 0.3 is 0 Å². The lowest BCUT2D eigenvalue weighted by Crippen LogP contribution is -2.57. The second kappa shape index (κ2) is 11.3. The zero-order chi connectivity index (χ0) is 28.0. The summed E-state index contributed by atoms with van der Waals surface area (Å²) in [6.45, 7) is 4.32. The first-order chi connectivity index (χ1) is 19.3. The molecule has 6 rings (SSSR count). The predicted octanol–water partition coefficient (Wildman–Crippen LogP) is 4.41. The number of rotatable bonds is 7. The van der Waals surface area contributed by atoms with Gasteiger partial charge in [0.15, 0.2) is 0 Å². The van der Waals surface area contributed by atoms with Crippen LogP contribution in [0.3, 0.4) is 0 Å². The lowest BCUT2D eigenvalue weighted by Gasteiger charge is -2.37. The van der Waals surface area contributed by atoms with Crippen LogP contribution < -0.4 is 10.6 Å². The van der Waals surface area contributed by atoms with E-state index in [0.29, 0.717) is 34.9 Å². The van der Waals surface area contributed by atoms with Crippen molar-refractivity contribution in [2.45, 2.75) is 88.1 Å². The second-order valence-corrected chi connectivity index (χ2v) is 13.0. The van der Waals surface area contributed by atoms with Crippen molar-refractivity contribution in [3.63, 3.8) is 0 Å². The maximum atomic E-state index is 14.2. The molecule has 0 radical (unpaired) electrons. The van der Waals surface area contributed by atoms with Crippen LogP contribution in [0, 0.1) is 11.8 Å². The van der Waals surface area contributed by atoms with Crippen LogP contribution in [0.4, 0.5) is 5.69 Å². The molecular formula is C30H38Cl2N4O4. The van der Waals surface area contributed by atoms with E-state index in [1.54, 1.807) is 23.1 Å². The molecule has 5 aliphatic rings. The van der Waals surface area contributed by atoms with E-state index in [4.69, 9.17) is 27.9 Å². The van der Waals surface area contributed by atoms with Crippen LogP contribution in [-0.4, -0.2) is 77.0 Å². The molecule has 2 bridgehead atoms. The second-order valence-electron chi connectivity index (χ2n) is 12.1. The summed E-state index contributed by atoms with van der Waals surface area (Å²) in [4.78, 5) is 46.0. The molecule has 0 unspecified atom stereocenters. The quantitative estimate of drug-likeness (QED) is 0.460. The Morgan fingerprint density at radius 1 is 1.00 bits per heavy atom. The molecule has 4 fully saturated rings. The van der Waals surface area contributed by atoms with Crippen molar-refractivity contribution in [1.29, 1.82) is 0 Å². The first-order valence-electron chi connectivity index (χ1n) is 14.8. The van der Waals surface area contributed by atoms with E-state index in [1.807, 2.05) is 12.2 Å². The topological polar surface area (TPSA) is 91.0 Å². The molecule has 1 aromatic rings. The molecule has 40 heavy (non-hydrogen) atoms. The smallest absolute Gasteiger partial charge is 0.246 e. The number of ether oxygens (including phenoxy) is 1. The summed E-state index contributed by atoms with van der Waals surface area (Å²) in [5, 5.41) is 6.95. The average Bonchev–Trinajstić information content (AvgIpc) is 3.55. The summed E-state index contributed by atoms with van der Waals surface area (Å²) in [5.74, 6) is -2.25. The molecule has 6 atom stereocenters. The largest absolute Gasteiger partial charge is 0.359 e. The zero-order valence-electron chi connectivity index (χ0n) is 22.9. The monoisotopic (exact) mass is 588 g/mol. The van der Waals surface area contributed by atoms with Gasteiger partial charge in [0.2, 0.25) is 17.7 Å². The van der Waals surface area contributed by atoms with Gasteiger partial charge in [0.25, 0.3) is 0 Å². The van der Waals surface area contributed by atoms with E-state index in [0.717, 1.165) is 45.1 Å². The van der Waals surface area contributed by atoms with Gasteiger partial charge in [-0.15, -0.1) is 0 Å². The first-order valence-corrected chi connectivity index (χ1v) is 15.5. The Kier molecular flexibility index (Phi) is 7.89. The molecule has 2 N–H and O–H groups in total. The van der Waals surface area contributed by atoms with Crippen molar-refractivity contribution in [1.82, 2.24) is 15.1 Å². The Morgan fingerprint density at radius 2 is 1.73 bits per heavy atom. The zero-order valence-corrected chi connectivity index (χ0v) is 24.4. The van der Waals surface area contributed by atoms with Crippen LogP contribution in [0.15, 0.2) is 30.4 Å². The molecule has 3 amide bonds. The molecule has 216 valence electrons. The molecule has 10 heteroatoms. The van der Waals surface area contributed by atoms with E-state index in [1.165, 1.54) is 12.8 Å². The molecular weight excluding hydrogens is 551 g/mol. The fraction of sp³-hybridized carbons (Fsp3) is 0.633. The van der Waals surface area contributed by atoms with Gasteiger partial charge in [-0.1, -0.05) is 61.0 Å². The van der Waals surface area contributed by atoms with E-state index in [9.17, 15) is 14.4 Å². The van der Waals surface area contributed by atoms with Crippen LogP contribution in [0.2, 0.25) is 10.0 Å². The van der Waals surface area contributed by atoms with Gasteiger partial charge in [-0.25, -0.2) is 0 Å². The molecule has 4 aliphatic heterocycles. The highest BCUT2D eigenvalue weighted by Crippen LogP contribution is 2.55. The summed E-state index contributed by atoms with van der Waals surface area (Å²) in [6, 6.07) is 4.56. The van der Waals surface area contributed by atoms with Crippen molar-refractivity contribution in [2.24, 2.45) is 11.8 Å². The van der Waals surface area contributed by atoms with Crippen LogP contribution in [0.25, 0.3) is 0 Å². The highest BCUT2D eigenvalue weighted by Gasteiger charge is 2.72. The van der Waals surface area contributed by atoms with Crippen molar-refractivity contribution < 1.29 is 19.1 Å². The van der Waals surface area contributed by atoms with Crippen molar-refractivity contribution in [3.05, 3.63) is 40.4 Å². The summed E-state index contributed by atoms with van der Waals surface area (Å²) < 4.78 is 6.48. The third-order valence-electron chi connectivity index (χ3n) is 9.58. The molecule has 1 saturated carbocycles. The third kappa shape index (κ3) is 5.06. The number of carbonyl (C=O) groups is 3. The minimum absolute atomic E-state index is 0.102. The van der Waals surface area contributed by atoms with Gasteiger partial charge < -0.3 is 20.3 Å². The number of carbonyl (C=O) groups excluding carboxylic acids is 3. The maximum absolute atomic E-state index is 14.2. The number of nitrogens with zero attached hydrogens (tertiary/aromatic N) is 2. The van der Waals surface area contributed by atoms with Crippen LogP contribution in [0.1, 0.15) is 58.3 Å². The summed E-state index contributed by atoms with van der Waals surface area (Å²) >= 11 is 12.3. The Morgan fingerprint density at radius 3 is 2.45 bits per heavy atom. The number of hydrogen-bond donors (Lipinski definition) is 2. The first kappa shape index (κ1) is 28.0. The Balaban J connectivity index is 1.27. The minimum Gasteiger partial charge on any atom is -0.359 e. The third-order valence-corrected chi connectivity index (χ3v) is 10.0. The fourth-order valence-electron chi connectivity index (χ4n) is 7.61. The molecule has 4 heterocycles. The fourth-order valence-corrected chi connectivity index (χ4v) is 8.14. The van der Waals surface area contributed by atoms with Gasteiger partial charge in [-0.3, -0.25) is 19.3 Å². The number of benzene rings is 1. The lowest BCUT2D eigenvalue weighted by molar-refractivity contribution is -0.141. The van der Waals surface area contributed by atoms with Crippen molar-refractivity contribution >= 4 is 46.6 Å². The number of piperidine rings is 1. The normalized spacial score (nSPS) is 33.8. The highest BCUT2D eigenvalue weighted by molar-refractivity contribution is 6.35. The van der Waals surface area contributed by atoms with Gasteiger partial charge in [-0.2, -0.15) is 0 Å². The average molecular weight is 590 g/mol. The van der Waals surface area contributed by atoms with Crippen LogP contribution >= 0.6 is 23.2 Å².